The summed E-state index contributed by atoms with van der Waals surface area (Å²) in [6.07, 6.45) is 6.94. The maximum absolute atomic E-state index is 12.5. The molecular weight excluding hydrogens is 324 g/mol. The molecule has 0 saturated carbocycles. The number of benzene rings is 1. The van der Waals surface area contributed by atoms with Crippen molar-refractivity contribution in [2.24, 2.45) is 0 Å². The highest BCUT2D eigenvalue weighted by Crippen LogP contribution is 2.38. The lowest BCUT2D eigenvalue weighted by molar-refractivity contribution is -0.113. The number of anilines is 1. The molecule has 1 unspecified atom stereocenters. The van der Waals surface area contributed by atoms with E-state index in [1.165, 1.54) is 22.3 Å². The molecule has 2 aliphatic carbocycles. The number of carbonyl (C=O) groups is 1. The molecule has 1 aromatic carbocycles. The predicted molar refractivity (Wildman–Crippen MR) is 94.2 cm³/mol. The van der Waals surface area contributed by atoms with E-state index in [-0.39, 0.29) is 5.91 Å². The lowest BCUT2D eigenvalue weighted by Gasteiger charge is -2.17. The molecule has 0 radical (unpaired) electrons. The Hall–Kier alpha value is -1.40. The van der Waals surface area contributed by atoms with Crippen LogP contribution in [0.1, 0.15) is 41.5 Å². The molecule has 1 amide bonds. The Labute approximate surface area is 143 Å². The van der Waals surface area contributed by atoms with Crippen LogP contribution in [-0.4, -0.2) is 38.4 Å². The van der Waals surface area contributed by atoms with Crippen molar-refractivity contribution in [3.05, 3.63) is 28.3 Å². The standard InChI is InChI=1S/C18H24N2O3S/c21-17(11-24(22,23)14-7-8-19-10-14)20-18-15-5-1-3-12(15)9-13-4-2-6-16(13)18/h9,14,19H,1-8,10-11H2,(H,20,21). The Morgan fingerprint density at radius 3 is 2.38 bits per heavy atom. The van der Waals surface area contributed by atoms with E-state index >= 15 is 0 Å². The van der Waals surface area contributed by atoms with Gasteiger partial charge in [-0.15, -0.1) is 0 Å². The largest absolute Gasteiger partial charge is 0.325 e. The van der Waals surface area contributed by atoms with Crippen LogP contribution in [0.15, 0.2) is 6.07 Å². The van der Waals surface area contributed by atoms with Gasteiger partial charge >= 0.3 is 0 Å². The molecule has 1 atom stereocenters. The van der Waals surface area contributed by atoms with Gasteiger partial charge in [-0.25, -0.2) is 8.42 Å². The van der Waals surface area contributed by atoms with Crippen molar-refractivity contribution in [2.45, 2.75) is 50.2 Å². The first kappa shape index (κ1) is 16.1. The molecule has 5 nitrogen and oxygen atoms in total. The van der Waals surface area contributed by atoms with Crippen molar-refractivity contribution >= 4 is 21.4 Å². The van der Waals surface area contributed by atoms with Gasteiger partial charge in [-0.2, -0.15) is 0 Å². The second-order valence-electron chi connectivity index (χ2n) is 7.20. The Balaban J connectivity index is 1.56. The van der Waals surface area contributed by atoms with E-state index in [2.05, 4.69) is 16.7 Å². The quantitative estimate of drug-likeness (QED) is 0.862. The van der Waals surface area contributed by atoms with Gasteiger partial charge in [-0.1, -0.05) is 6.07 Å². The van der Waals surface area contributed by atoms with Crippen molar-refractivity contribution < 1.29 is 13.2 Å². The van der Waals surface area contributed by atoms with Crippen molar-refractivity contribution in [2.75, 3.05) is 24.2 Å². The Kier molecular flexibility index (Phi) is 4.12. The van der Waals surface area contributed by atoms with Gasteiger partial charge < -0.3 is 10.6 Å². The van der Waals surface area contributed by atoms with Crippen molar-refractivity contribution in [1.29, 1.82) is 0 Å². The third kappa shape index (κ3) is 2.86. The predicted octanol–water partition coefficient (Wildman–Crippen LogP) is 1.38. The van der Waals surface area contributed by atoms with Crippen LogP contribution in [-0.2, 0) is 40.3 Å². The fourth-order valence-electron chi connectivity index (χ4n) is 4.38. The first-order chi connectivity index (χ1) is 11.5. The van der Waals surface area contributed by atoms with Gasteiger partial charge in [0.15, 0.2) is 9.84 Å². The number of carbonyl (C=O) groups excluding carboxylic acids is 1. The van der Waals surface area contributed by atoms with Crippen molar-refractivity contribution in [1.82, 2.24) is 5.32 Å². The molecule has 1 fully saturated rings. The zero-order chi connectivity index (χ0) is 16.7. The highest BCUT2D eigenvalue weighted by Gasteiger charge is 2.31. The smallest absolute Gasteiger partial charge is 0.239 e. The van der Waals surface area contributed by atoms with Crippen molar-refractivity contribution in [3.63, 3.8) is 0 Å². The number of hydrogen-bond donors (Lipinski definition) is 2. The first-order valence-corrected chi connectivity index (χ1v) is 10.6. The second kappa shape index (κ2) is 6.15. The number of hydrogen-bond acceptors (Lipinski definition) is 4. The van der Waals surface area contributed by atoms with Crippen LogP contribution in [0.25, 0.3) is 0 Å². The van der Waals surface area contributed by atoms with Crippen LogP contribution in [0.2, 0.25) is 0 Å². The average molecular weight is 348 g/mol. The van der Waals surface area contributed by atoms with Crippen molar-refractivity contribution in [3.8, 4) is 0 Å². The monoisotopic (exact) mass is 348 g/mol. The SMILES string of the molecule is O=C(CS(=O)(=O)C1CCNC1)Nc1c2c(cc3c1CCC3)CCC2. The highest BCUT2D eigenvalue weighted by molar-refractivity contribution is 7.92. The summed E-state index contributed by atoms with van der Waals surface area (Å²) < 4.78 is 24.8. The minimum absolute atomic E-state index is 0.378. The number of fused-ring (bicyclic) bond motifs is 2. The minimum Gasteiger partial charge on any atom is -0.325 e. The summed E-state index contributed by atoms with van der Waals surface area (Å²) in [5.74, 6) is -0.783. The second-order valence-corrected chi connectivity index (χ2v) is 9.49. The summed E-state index contributed by atoms with van der Waals surface area (Å²) in [5, 5.41) is 5.62. The molecule has 2 N–H and O–H groups in total. The zero-order valence-corrected chi connectivity index (χ0v) is 14.7. The summed E-state index contributed by atoms with van der Waals surface area (Å²) >= 11 is 0. The van der Waals surface area contributed by atoms with Gasteiger partial charge in [-0.3, -0.25) is 4.79 Å². The molecule has 130 valence electrons. The minimum atomic E-state index is -3.38. The molecule has 24 heavy (non-hydrogen) atoms. The molecule has 6 heteroatoms. The van der Waals surface area contributed by atoms with E-state index in [1.54, 1.807) is 0 Å². The number of aryl methyl sites for hydroxylation is 2. The molecule has 0 bridgehead atoms. The Morgan fingerprint density at radius 2 is 1.79 bits per heavy atom. The Bertz CT molecular complexity index is 748. The molecule has 3 aliphatic rings. The first-order valence-electron chi connectivity index (χ1n) is 8.93. The van der Waals surface area contributed by atoms with E-state index in [9.17, 15) is 13.2 Å². The number of rotatable bonds is 4. The van der Waals surface area contributed by atoms with Gasteiger partial charge in [0.1, 0.15) is 5.75 Å². The van der Waals surface area contributed by atoms with Gasteiger partial charge in [0.05, 0.1) is 5.25 Å². The normalized spacial score (nSPS) is 22.4. The maximum Gasteiger partial charge on any atom is 0.239 e. The Morgan fingerprint density at radius 1 is 1.12 bits per heavy atom. The molecule has 1 aromatic rings. The number of amides is 1. The molecule has 1 aliphatic heterocycles. The molecule has 0 aromatic heterocycles. The fourth-order valence-corrected chi connectivity index (χ4v) is 5.90. The van der Waals surface area contributed by atoms with Gasteiger partial charge in [0.25, 0.3) is 0 Å². The van der Waals surface area contributed by atoms with Crippen LogP contribution in [0.5, 0.6) is 0 Å². The highest BCUT2D eigenvalue weighted by atomic mass is 32.2. The van der Waals surface area contributed by atoms with Crippen LogP contribution in [0, 0.1) is 0 Å². The van der Waals surface area contributed by atoms with E-state index in [0.29, 0.717) is 19.5 Å². The van der Waals surface area contributed by atoms with Crippen LogP contribution in [0.4, 0.5) is 5.69 Å². The lowest BCUT2D eigenvalue weighted by Crippen LogP contribution is -2.32. The molecular formula is C18H24N2O3S. The lowest BCUT2D eigenvalue weighted by atomic mass is 9.98. The number of nitrogens with one attached hydrogen (secondary N) is 2. The maximum atomic E-state index is 12.5. The zero-order valence-electron chi connectivity index (χ0n) is 13.9. The van der Waals surface area contributed by atoms with Crippen LogP contribution < -0.4 is 10.6 Å². The van der Waals surface area contributed by atoms with E-state index in [0.717, 1.165) is 44.2 Å². The van der Waals surface area contributed by atoms with E-state index < -0.39 is 20.8 Å². The molecule has 0 spiro atoms. The summed E-state index contributed by atoms with van der Waals surface area (Å²) in [6, 6.07) is 2.31. The third-order valence-electron chi connectivity index (χ3n) is 5.59. The summed E-state index contributed by atoms with van der Waals surface area (Å²) in [5.41, 5.74) is 6.10. The number of sulfone groups is 1. The van der Waals surface area contributed by atoms with Gasteiger partial charge in [0.2, 0.25) is 5.91 Å². The van der Waals surface area contributed by atoms with Crippen LogP contribution in [0.3, 0.4) is 0 Å². The van der Waals surface area contributed by atoms with E-state index in [1.807, 2.05) is 0 Å². The van der Waals surface area contributed by atoms with E-state index in [4.69, 9.17) is 0 Å². The van der Waals surface area contributed by atoms with Gasteiger partial charge in [0, 0.05) is 12.2 Å². The van der Waals surface area contributed by atoms with Gasteiger partial charge in [-0.05, 0) is 73.7 Å². The third-order valence-corrected chi connectivity index (χ3v) is 7.68. The average Bonchev–Trinajstić information content (AvgIpc) is 3.27. The fraction of sp³-hybridized carbons (Fsp3) is 0.611. The topological polar surface area (TPSA) is 75.3 Å². The summed E-state index contributed by atoms with van der Waals surface area (Å²) in [6.45, 7) is 1.18. The molecule has 4 rings (SSSR count). The summed E-state index contributed by atoms with van der Waals surface area (Å²) in [4.78, 5) is 12.5. The molecule has 1 saturated heterocycles. The van der Waals surface area contributed by atoms with Crippen LogP contribution >= 0.6 is 0 Å². The summed E-state index contributed by atoms with van der Waals surface area (Å²) in [7, 11) is -3.38. The molecule has 1 heterocycles.